The molecule has 0 saturated carbocycles. The van der Waals surface area contributed by atoms with E-state index in [0.29, 0.717) is 23.3 Å². The molecule has 0 atom stereocenters. The van der Waals surface area contributed by atoms with E-state index < -0.39 is 0 Å². The van der Waals surface area contributed by atoms with Gasteiger partial charge in [-0.15, -0.1) is 12.8 Å². The number of allylic oxidation sites excluding steroid dienone is 3. The summed E-state index contributed by atoms with van der Waals surface area (Å²) in [6.45, 7) is 7.63. The molecule has 5 heteroatoms. The van der Waals surface area contributed by atoms with Crippen molar-refractivity contribution in [1.29, 1.82) is 0 Å². The number of hydrogen-bond donors (Lipinski definition) is 1. The fraction of sp³-hybridized carbons (Fsp3) is 0.182. The van der Waals surface area contributed by atoms with Crippen LogP contribution in [0.5, 0.6) is 0 Å². The summed E-state index contributed by atoms with van der Waals surface area (Å²) >= 11 is 0. The minimum atomic E-state index is -0.321. The molecule has 1 N–H and O–H groups in total. The molecule has 1 aromatic rings. The highest BCUT2D eigenvalue weighted by Crippen LogP contribution is 2.37. The van der Waals surface area contributed by atoms with Crippen LogP contribution in [0.25, 0.3) is 5.57 Å². The first-order valence-electron chi connectivity index (χ1n) is 8.14. The van der Waals surface area contributed by atoms with Crippen molar-refractivity contribution in [3.05, 3.63) is 72.0 Å². The number of anilines is 1. The van der Waals surface area contributed by atoms with Crippen molar-refractivity contribution in [1.82, 2.24) is 0 Å². The van der Waals surface area contributed by atoms with Gasteiger partial charge in [0.15, 0.2) is 0 Å². The van der Waals surface area contributed by atoms with Crippen LogP contribution in [-0.2, 0) is 19.1 Å². The van der Waals surface area contributed by atoms with Crippen molar-refractivity contribution >= 4 is 23.1 Å². The predicted molar refractivity (Wildman–Crippen MR) is 108 cm³/mol. The Morgan fingerprint density at radius 2 is 1.78 bits per heavy atom. The Morgan fingerprint density at radius 1 is 1.11 bits per heavy atom. The molecule has 1 aliphatic rings. The summed E-state index contributed by atoms with van der Waals surface area (Å²) in [6, 6.07) is 7.39. The van der Waals surface area contributed by atoms with Crippen LogP contribution in [0.4, 0.5) is 5.69 Å². The number of terminal acetylenes is 1. The van der Waals surface area contributed by atoms with E-state index in [2.05, 4.69) is 36.1 Å². The van der Waals surface area contributed by atoms with E-state index in [1.54, 1.807) is 12.2 Å². The maximum Gasteiger partial charge on any atom is 0.305 e. The van der Waals surface area contributed by atoms with Gasteiger partial charge in [0.2, 0.25) is 0 Å². The second-order valence-electron chi connectivity index (χ2n) is 5.33. The van der Waals surface area contributed by atoms with Gasteiger partial charge in [0.1, 0.15) is 5.76 Å². The van der Waals surface area contributed by atoms with Gasteiger partial charge in [0.05, 0.1) is 19.8 Å². The van der Waals surface area contributed by atoms with Crippen molar-refractivity contribution in [2.24, 2.45) is 0 Å². The Kier molecular flexibility index (Phi) is 8.34. The number of para-hydroxylation sites is 1. The summed E-state index contributed by atoms with van der Waals surface area (Å²) in [5.41, 5.74) is 3.31. The van der Waals surface area contributed by atoms with E-state index in [0.717, 1.165) is 16.8 Å². The van der Waals surface area contributed by atoms with Crippen LogP contribution in [0.2, 0.25) is 0 Å². The number of nitrogens with one attached hydrogen (secondary N) is 1. The van der Waals surface area contributed by atoms with Gasteiger partial charge < -0.3 is 14.8 Å². The number of ether oxygens (including phenoxy) is 2. The minimum absolute atomic E-state index is 0.199. The predicted octanol–water partition coefficient (Wildman–Crippen LogP) is 3.87. The van der Waals surface area contributed by atoms with Crippen molar-refractivity contribution < 1.29 is 19.1 Å². The largest absolute Gasteiger partial charge is 0.495 e. The van der Waals surface area contributed by atoms with E-state index in [9.17, 15) is 9.59 Å². The summed E-state index contributed by atoms with van der Waals surface area (Å²) in [7, 11) is 2.84. The highest BCUT2D eigenvalue weighted by molar-refractivity contribution is 6.32. The number of rotatable bonds is 7. The molecule has 27 heavy (non-hydrogen) atoms. The van der Waals surface area contributed by atoms with Crippen LogP contribution in [0.3, 0.4) is 0 Å². The molecule has 140 valence electrons. The third kappa shape index (κ3) is 4.77. The van der Waals surface area contributed by atoms with Gasteiger partial charge >= 0.3 is 5.97 Å². The lowest BCUT2D eigenvalue weighted by Crippen LogP contribution is -2.09. The molecule has 2 rings (SSSR count). The molecule has 1 amide bonds. The lowest BCUT2D eigenvalue weighted by molar-refractivity contribution is -0.140. The standard InChI is InChI=1S/C20H21NO4.C2H2/c1-5-13(11-12-17(22)24-3)14(6-2)19(25-4)18-15-9-7-8-10-16(15)21-20(18)23;1-2/h5-10H,1-2,11-12H2,3-4H3,(H,21,23);1-2H/b14-13-,19-18+;. The zero-order valence-corrected chi connectivity index (χ0v) is 15.6. The summed E-state index contributed by atoms with van der Waals surface area (Å²) in [5, 5.41) is 2.82. The average Bonchev–Trinajstić information content (AvgIpc) is 3.04. The van der Waals surface area contributed by atoms with Crippen LogP contribution in [0.15, 0.2) is 66.5 Å². The third-order valence-corrected chi connectivity index (χ3v) is 3.97. The molecule has 5 nitrogen and oxygen atoms in total. The number of carbonyl (C=O) groups is 2. The maximum absolute atomic E-state index is 12.5. The van der Waals surface area contributed by atoms with Gasteiger partial charge in [0.25, 0.3) is 5.91 Å². The van der Waals surface area contributed by atoms with E-state index in [1.165, 1.54) is 14.2 Å². The fourth-order valence-electron chi connectivity index (χ4n) is 2.74. The van der Waals surface area contributed by atoms with Gasteiger partial charge in [-0.05, 0) is 18.1 Å². The van der Waals surface area contributed by atoms with Gasteiger partial charge in [-0.25, -0.2) is 0 Å². The molecule has 0 spiro atoms. The number of hydrogen-bond acceptors (Lipinski definition) is 4. The molecular formula is C22H23NO4. The monoisotopic (exact) mass is 365 g/mol. The molecule has 0 fully saturated rings. The molecule has 0 aromatic heterocycles. The molecule has 0 radical (unpaired) electrons. The normalized spacial score (nSPS) is 14.4. The van der Waals surface area contributed by atoms with Crippen LogP contribution in [-0.4, -0.2) is 26.1 Å². The quantitative estimate of drug-likeness (QED) is 0.262. The highest BCUT2D eigenvalue weighted by atomic mass is 16.5. The number of methoxy groups -OCH3 is 2. The molecule has 1 aromatic carbocycles. The van der Waals surface area contributed by atoms with Crippen molar-refractivity contribution in [3.8, 4) is 12.8 Å². The van der Waals surface area contributed by atoms with Gasteiger partial charge in [-0.1, -0.05) is 43.5 Å². The summed E-state index contributed by atoms with van der Waals surface area (Å²) in [4.78, 5) is 23.9. The summed E-state index contributed by atoms with van der Waals surface area (Å²) in [5.74, 6) is -0.163. The lowest BCUT2D eigenvalue weighted by atomic mass is 9.96. The van der Waals surface area contributed by atoms with Gasteiger partial charge in [0, 0.05) is 23.2 Å². The van der Waals surface area contributed by atoms with Crippen LogP contribution in [0, 0.1) is 12.8 Å². The van der Waals surface area contributed by atoms with E-state index >= 15 is 0 Å². The van der Waals surface area contributed by atoms with E-state index in [1.807, 2.05) is 24.3 Å². The van der Waals surface area contributed by atoms with Crippen molar-refractivity contribution in [2.75, 3.05) is 19.5 Å². The molecule has 0 aliphatic carbocycles. The SMILES string of the molecule is C#C.C=C/C(CCC(=O)OC)=C(C=C)/C(OC)=C1\C(=O)Nc2ccccc21. The topological polar surface area (TPSA) is 64.6 Å². The lowest BCUT2D eigenvalue weighted by Gasteiger charge is -2.14. The zero-order valence-electron chi connectivity index (χ0n) is 15.6. The summed E-state index contributed by atoms with van der Waals surface area (Å²) in [6.07, 6.45) is 11.8. The molecule has 0 saturated heterocycles. The number of esters is 1. The van der Waals surface area contributed by atoms with Crippen LogP contribution >= 0.6 is 0 Å². The first kappa shape index (κ1) is 21.5. The zero-order chi connectivity index (χ0) is 20.4. The molecular weight excluding hydrogens is 342 g/mol. The Labute approximate surface area is 160 Å². The fourth-order valence-corrected chi connectivity index (χ4v) is 2.74. The molecule has 1 aliphatic heterocycles. The van der Waals surface area contributed by atoms with Gasteiger partial charge in [-0.2, -0.15) is 0 Å². The molecule has 0 bridgehead atoms. The molecule has 1 heterocycles. The van der Waals surface area contributed by atoms with E-state index in [4.69, 9.17) is 4.74 Å². The van der Waals surface area contributed by atoms with E-state index in [-0.39, 0.29) is 18.3 Å². The second-order valence-corrected chi connectivity index (χ2v) is 5.33. The Balaban J connectivity index is 0.00000176. The van der Waals surface area contributed by atoms with Crippen molar-refractivity contribution in [2.45, 2.75) is 12.8 Å². The number of amides is 1. The number of fused-ring (bicyclic) bond motifs is 1. The Morgan fingerprint density at radius 3 is 2.33 bits per heavy atom. The van der Waals surface area contributed by atoms with Gasteiger partial charge in [-0.3, -0.25) is 9.59 Å². The maximum atomic E-state index is 12.5. The number of benzene rings is 1. The van der Waals surface area contributed by atoms with Crippen molar-refractivity contribution in [3.63, 3.8) is 0 Å². The second kappa shape index (κ2) is 10.5. The van der Waals surface area contributed by atoms with Crippen LogP contribution < -0.4 is 5.32 Å². The third-order valence-electron chi connectivity index (χ3n) is 3.97. The number of carbonyl (C=O) groups excluding carboxylic acids is 2. The smallest absolute Gasteiger partial charge is 0.305 e. The first-order chi connectivity index (χ1) is 13.1. The Hall–Kier alpha value is -3.52. The average molecular weight is 365 g/mol. The highest BCUT2D eigenvalue weighted by Gasteiger charge is 2.29. The minimum Gasteiger partial charge on any atom is -0.495 e. The van der Waals surface area contributed by atoms with Crippen LogP contribution in [0.1, 0.15) is 18.4 Å². The first-order valence-corrected chi connectivity index (χ1v) is 8.14. The summed E-state index contributed by atoms with van der Waals surface area (Å²) < 4.78 is 10.2. The molecule has 0 unspecified atom stereocenters. The Bertz CT molecular complexity index is 828.